The van der Waals surface area contributed by atoms with Crippen LogP contribution in [0.25, 0.3) is 0 Å². The first-order valence-electron chi connectivity index (χ1n) is 19.6. The third kappa shape index (κ3) is 25.7. The Labute approximate surface area is 358 Å². The minimum atomic E-state index is -5.36. The fourth-order valence-corrected chi connectivity index (χ4v) is 6.18. The normalized spacial score (nSPS) is 15.3. The Morgan fingerprint density at radius 3 is 1.11 bits per heavy atom. The number of carbonyl (C=O) groups excluding carboxylic acids is 6. The van der Waals surface area contributed by atoms with E-state index >= 15 is 0 Å². The summed E-state index contributed by atoms with van der Waals surface area (Å²) in [5.41, 5.74) is 11.0. The number of nitrogens with two attached hydrogens (primary N) is 2. The third-order valence-corrected chi connectivity index (χ3v) is 9.37. The van der Waals surface area contributed by atoms with Crippen LogP contribution in [0.2, 0.25) is 0 Å². The molecule has 0 aliphatic rings. The summed E-state index contributed by atoms with van der Waals surface area (Å²) >= 11 is 0. The molecule has 0 aromatic rings. The minimum absolute atomic E-state index is 0.00148. The number of phosphoric ester groups is 2. The van der Waals surface area contributed by atoms with Gasteiger partial charge in [0.25, 0.3) is 0 Å². The largest absolute Gasteiger partial charge is 0.481 e. The highest BCUT2D eigenvalue weighted by atomic mass is 31.2. The van der Waals surface area contributed by atoms with E-state index in [1.165, 1.54) is 0 Å². The van der Waals surface area contributed by atoms with Crippen molar-refractivity contribution in [3.63, 3.8) is 0 Å². The van der Waals surface area contributed by atoms with E-state index in [2.05, 4.69) is 30.3 Å². The smallest absolute Gasteiger partial charge is 0.469 e. The number of carbonyl (C=O) groups is 8. The molecule has 0 heterocycles. The fraction of sp³-hybridized carbons (Fsp3) is 0.765. The van der Waals surface area contributed by atoms with Crippen LogP contribution in [0.1, 0.15) is 86.5 Å². The number of amides is 6. The van der Waals surface area contributed by atoms with Gasteiger partial charge in [0.05, 0.1) is 25.7 Å². The Balaban J connectivity index is 6.60. The van der Waals surface area contributed by atoms with Crippen molar-refractivity contribution in [2.75, 3.05) is 19.8 Å². The lowest BCUT2D eigenvalue weighted by atomic mass is 9.98. The van der Waals surface area contributed by atoms with Gasteiger partial charge < -0.3 is 73.2 Å². The van der Waals surface area contributed by atoms with E-state index in [-0.39, 0.29) is 43.4 Å². The van der Waals surface area contributed by atoms with Crippen molar-refractivity contribution in [2.24, 2.45) is 29.2 Å². The van der Waals surface area contributed by atoms with Crippen molar-refractivity contribution < 1.29 is 86.3 Å². The van der Waals surface area contributed by atoms with Crippen LogP contribution in [0.5, 0.6) is 0 Å². The van der Waals surface area contributed by atoms with Gasteiger partial charge in [0.2, 0.25) is 35.4 Å². The van der Waals surface area contributed by atoms with E-state index in [4.69, 9.17) is 16.6 Å². The molecule has 0 saturated carbocycles. The zero-order chi connectivity index (χ0) is 48.1. The van der Waals surface area contributed by atoms with Crippen molar-refractivity contribution in [3.8, 4) is 0 Å². The number of rotatable bonds is 31. The van der Waals surface area contributed by atoms with E-state index < -0.39 is 125 Å². The molecular weight excluding hydrogens is 870 g/mol. The van der Waals surface area contributed by atoms with Crippen LogP contribution in [-0.4, -0.2) is 139 Å². The minimum Gasteiger partial charge on any atom is -0.481 e. The number of nitrogens with one attached hydrogen (secondary N) is 6. The predicted molar refractivity (Wildman–Crippen MR) is 217 cm³/mol. The monoisotopic (exact) mass is 934 g/mol. The van der Waals surface area contributed by atoms with E-state index in [1.54, 1.807) is 41.5 Å². The first kappa shape index (κ1) is 57.9. The first-order valence-corrected chi connectivity index (χ1v) is 22.6. The third-order valence-electron chi connectivity index (χ3n) is 8.40. The zero-order valence-electron chi connectivity index (χ0n) is 35.5. The molecule has 0 spiro atoms. The van der Waals surface area contributed by atoms with Crippen molar-refractivity contribution >= 4 is 63.0 Å². The summed E-state index contributed by atoms with van der Waals surface area (Å²) in [6.45, 7) is 8.02. The highest BCUT2D eigenvalue weighted by Crippen LogP contribution is 2.36. The molecule has 0 aliphatic carbocycles. The van der Waals surface area contributed by atoms with Crippen molar-refractivity contribution in [2.45, 2.75) is 129 Å². The molecule has 0 saturated heterocycles. The van der Waals surface area contributed by atoms with Gasteiger partial charge in [0.15, 0.2) is 0 Å². The number of unbranched alkanes of at least 4 members (excludes halogenated alkanes) is 1. The number of carboxylic acids is 2. The van der Waals surface area contributed by atoms with Gasteiger partial charge in [-0.25, -0.2) is 13.9 Å². The summed E-state index contributed by atoms with van der Waals surface area (Å²) in [7, 11) is -10.7. The van der Waals surface area contributed by atoms with E-state index in [9.17, 15) is 72.2 Å². The molecule has 6 amide bonds. The maximum absolute atomic E-state index is 13.9. The molecule has 16 N–H and O–H groups in total. The van der Waals surface area contributed by atoms with Crippen LogP contribution in [0.15, 0.2) is 0 Å². The van der Waals surface area contributed by atoms with E-state index in [1.807, 2.05) is 10.6 Å². The molecule has 0 aliphatic heterocycles. The van der Waals surface area contributed by atoms with E-state index in [0.29, 0.717) is 19.4 Å². The first-order chi connectivity index (χ1) is 28.5. The molecule has 26 nitrogen and oxygen atoms in total. The van der Waals surface area contributed by atoms with Crippen molar-refractivity contribution in [1.82, 2.24) is 31.9 Å². The Kier molecular flexibility index (Phi) is 26.0. The SMILES string of the molecule is CC(C)C[C@H](NC(=O)[C@H](CC(C)C)NC(=O)[C@H](CC(C)C)NC(=O)[C@H](COP(=O)(O)O)NC(=O)[C@H](COP(=O)(O)O)NC(=O)[C@@H](N)CC(=O)O)C(=O)N[C@@H](CCCCN)C(=O)O. The molecule has 0 aromatic carbocycles. The summed E-state index contributed by atoms with van der Waals surface area (Å²) < 4.78 is 31.7. The van der Waals surface area contributed by atoms with Gasteiger partial charge in [-0.15, -0.1) is 0 Å². The van der Waals surface area contributed by atoms with Crippen molar-refractivity contribution in [1.29, 1.82) is 0 Å². The van der Waals surface area contributed by atoms with Gasteiger partial charge in [0.1, 0.15) is 36.3 Å². The average molecular weight is 935 g/mol. The molecular formula is C34H64N8O18P2. The highest BCUT2D eigenvalue weighted by Gasteiger charge is 2.36. The molecule has 0 unspecified atom stereocenters. The lowest BCUT2D eigenvalue weighted by molar-refractivity contribution is -0.142. The van der Waals surface area contributed by atoms with Gasteiger partial charge in [-0.2, -0.15) is 0 Å². The fourth-order valence-electron chi connectivity index (χ4n) is 5.49. The summed E-state index contributed by atoms with van der Waals surface area (Å²) in [6.07, 6.45) is 0.00363. The van der Waals surface area contributed by atoms with Gasteiger partial charge in [0, 0.05) is 0 Å². The molecule has 0 aromatic heterocycles. The van der Waals surface area contributed by atoms with Crippen LogP contribution >= 0.6 is 15.6 Å². The second-order valence-corrected chi connectivity index (χ2v) is 18.1. The lowest BCUT2D eigenvalue weighted by Crippen LogP contribution is -2.61. The Hall–Kier alpha value is -4.10. The van der Waals surface area contributed by atoms with Crippen LogP contribution in [0.3, 0.4) is 0 Å². The number of carboxylic acid groups (broad SMARTS) is 2. The van der Waals surface area contributed by atoms with Crippen LogP contribution < -0.4 is 43.4 Å². The zero-order valence-corrected chi connectivity index (χ0v) is 37.3. The van der Waals surface area contributed by atoms with Gasteiger partial charge >= 0.3 is 27.6 Å². The number of aliphatic carboxylic acids is 2. The van der Waals surface area contributed by atoms with Crippen molar-refractivity contribution in [3.05, 3.63) is 0 Å². The maximum atomic E-state index is 13.9. The number of phosphoric acid groups is 2. The highest BCUT2D eigenvalue weighted by molar-refractivity contribution is 7.46. The molecule has 28 heteroatoms. The summed E-state index contributed by atoms with van der Waals surface area (Å²) in [5.74, 6) is -10.3. The second kappa shape index (κ2) is 27.9. The lowest BCUT2D eigenvalue weighted by Gasteiger charge is -2.29. The summed E-state index contributed by atoms with van der Waals surface area (Å²) in [5, 5.41) is 32.4. The Morgan fingerprint density at radius 1 is 0.516 bits per heavy atom. The Morgan fingerprint density at radius 2 is 0.823 bits per heavy atom. The van der Waals surface area contributed by atoms with E-state index in [0.717, 1.165) is 0 Å². The number of hydrogen-bond donors (Lipinski definition) is 14. The van der Waals surface area contributed by atoms with Crippen LogP contribution in [0, 0.1) is 17.8 Å². The summed E-state index contributed by atoms with van der Waals surface area (Å²) in [4.78, 5) is 140. The maximum Gasteiger partial charge on any atom is 0.469 e. The van der Waals surface area contributed by atoms with Crippen LogP contribution in [0.4, 0.5) is 0 Å². The summed E-state index contributed by atoms with van der Waals surface area (Å²) in [6, 6.07) is -11.4. The molecule has 358 valence electrons. The number of hydrogen-bond acceptors (Lipinski definition) is 14. The second-order valence-electron chi connectivity index (χ2n) is 15.7. The molecule has 0 rings (SSSR count). The molecule has 7 atom stereocenters. The Bertz CT molecular complexity index is 1620. The van der Waals surface area contributed by atoms with Gasteiger partial charge in [-0.3, -0.25) is 42.6 Å². The quantitative estimate of drug-likeness (QED) is 0.0248. The topological polar surface area (TPSA) is 435 Å². The van der Waals surface area contributed by atoms with Gasteiger partial charge in [-0.1, -0.05) is 41.5 Å². The standard InChI is InChI=1S/C34H64N8O18P2/c1-17(2)11-22(29(46)37-21(34(51)52)9-7-8-10-35)38-30(47)23(12-18(3)4)39-31(48)24(13-19(5)6)40-32(49)26(16-60-62(56,57)58)42-33(50)25(15-59-61(53,54)55)41-28(45)20(36)14-27(43)44/h17-26H,7-16,35-36H2,1-6H3,(H,37,46)(H,38,47)(H,39,48)(H,40,49)(H,41,45)(H,42,50)(H,43,44)(H,51,52)(H2,53,54,55)(H2,56,57,58)/t20-,21-,22-,23-,24-,25-,26-/m0/s1. The average Bonchev–Trinajstić information content (AvgIpc) is 3.11. The molecule has 0 radical (unpaired) electrons. The molecule has 62 heavy (non-hydrogen) atoms. The predicted octanol–water partition coefficient (Wildman–Crippen LogP) is -2.73. The molecule has 0 fully saturated rings. The van der Waals surface area contributed by atoms with Crippen LogP contribution in [-0.2, 0) is 56.5 Å². The van der Waals surface area contributed by atoms with Gasteiger partial charge in [-0.05, 0) is 62.8 Å². The molecule has 0 bridgehead atoms.